The highest BCUT2D eigenvalue weighted by Gasteiger charge is 2.46. The summed E-state index contributed by atoms with van der Waals surface area (Å²) >= 11 is 0. The average molecular weight is 305 g/mol. The molecule has 1 fully saturated rings. The van der Waals surface area contributed by atoms with Crippen molar-refractivity contribution in [2.45, 2.75) is 69.2 Å². The second-order valence-corrected chi connectivity index (χ2v) is 9.26. The van der Waals surface area contributed by atoms with Gasteiger partial charge < -0.3 is 0 Å². The van der Waals surface area contributed by atoms with Gasteiger partial charge in [0.15, 0.2) is 0 Å². The summed E-state index contributed by atoms with van der Waals surface area (Å²) < 4.78 is 0. The smallest absolute Gasteiger partial charge is 0.0141 e. The Morgan fingerprint density at radius 3 is 1.27 bits per heavy atom. The molecular formula is C22H40. The van der Waals surface area contributed by atoms with Crippen LogP contribution in [0.3, 0.4) is 0 Å². The number of allylic oxidation sites excluding steroid dienone is 2. The molecule has 1 saturated carbocycles. The number of hydrogen-bond donors (Lipinski definition) is 0. The van der Waals surface area contributed by atoms with Crippen LogP contribution >= 0.6 is 0 Å². The Labute approximate surface area is 140 Å². The zero-order valence-electron chi connectivity index (χ0n) is 16.8. The maximum Gasteiger partial charge on any atom is -0.0141 e. The number of rotatable bonds is 1. The van der Waals surface area contributed by atoms with Gasteiger partial charge in [-0.15, -0.1) is 0 Å². The summed E-state index contributed by atoms with van der Waals surface area (Å²) in [7, 11) is 0. The molecule has 0 aromatic rings. The molecule has 2 aliphatic carbocycles. The molecule has 8 unspecified atom stereocenters. The fourth-order valence-corrected chi connectivity index (χ4v) is 5.91. The van der Waals surface area contributed by atoms with Gasteiger partial charge in [-0.05, 0) is 66.1 Å². The first kappa shape index (κ1) is 18.1. The van der Waals surface area contributed by atoms with Crippen LogP contribution in [0.5, 0.6) is 0 Å². The van der Waals surface area contributed by atoms with E-state index in [1.54, 1.807) is 5.57 Å². The summed E-state index contributed by atoms with van der Waals surface area (Å²) in [6.07, 6.45) is 0. The predicted molar refractivity (Wildman–Crippen MR) is 98.7 cm³/mol. The van der Waals surface area contributed by atoms with Crippen LogP contribution in [0.4, 0.5) is 0 Å². The van der Waals surface area contributed by atoms with Gasteiger partial charge in [0.25, 0.3) is 0 Å². The molecule has 0 nitrogen and oxygen atoms in total. The van der Waals surface area contributed by atoms with E-state index < -0.39 is 0 Å². The predicted octanol–water partition coefficient (Wildman–Crippen LogP) is 6.67. The monoisotopic (exact) mass is 304 g/mol. The Morgan fingerprint density at radius 2 is 0.818 bits per heavy atom. The van der Waals surface area contributed by atoms with Crippen LogP contribution in [-0.4, -0.2) is 0 Å². The SMILES string of the molecule is CC1=C(C2C(C)C(C)C(C)C(C)C2C)C(C)C(C)C(C)C1C. The van der Waals surface area contributed by atoms with Gasteiger partial charge in [-0.3, -0.25) is 0 Å². The summed E-state index contributed by atoms with van der Waals surface area (Å²) in [6, 6.07) is 0. The molecule has 8 atom stereocenters. The second-order valence-electron chi connectivity index (χ2n) is 9.26. The van der Waals surface area contributed by atoms with Gasteiger partial charge in [0, 0.05) is 0 Å². The van der Waals surface area contributed by atoms with Crippen molar-refractivity contribution in [3.63, 3.8) is 0 Å². The summed E-state index contributed by atoms with van der Waals surface area (Å²) in [5.74, 6) is 8.13. The van der Waals surface area contributed by atoms with E-state index in [1.807, 2.05) is 5.57 Å². The van der Waals surface area contributed by atoms with E-state index in [0.29, 0.717) is 0 Å². The topological polar surface area (TPSA) is 0 Å². The summed E-state index contributed by atoms with van der Waals surface area (Å²) in [4.78, 5) is 0. The fraction of sp³-hybridized carbons (Fsp3) is 0.909. The molecule has 0 amide bonds. The molecule has 0 aromatic heterocycles. The quantitative estimate of drug-likeness (QED) is 0.474. The standard InChI is InChI=1S/C22H40/c1-11-13(3)17(7)21(18(8)14(11)4)22-19(9)15(5)12(2)16(6)20(22)10/h11-19,21H,1-10H3. The van der Waals surface area contributed by atoms with E-state index in [2.05, 4.69) is 69.2 Å². The van der Waals surface area contributed by atoms with Gasteiger partial charge in [0.05, 0.1) is 0 Å². The van der Waals surface area contributed by atoms with Gasteiger partial charge in [-0.25, -0.2) is 0 Å². The van der Waals surface area contributed by atoms with Crippen molar-refractivity contribution in [3.05, 3.63) is 11.1 Å². The third-order valence-corrected chi connectivity index (χ3v) is 8.85. The lowest BCUT2D eigenvalue weighted by Gasteiger charge is -2.52. The third-order valence-electron chi connectivity index (χ3n) is 8.85. The zero-order valence-corrected chi connectivity index (χ0v) is 16.8. The molecule has 2 rings (SSSR count). The van der Waals surface area contributed by atoms with Crippen LogP contribution in [0.2, 0.25) is 0 Å². The minimum atomic E-state index is 0.755. The Hall–Kier alpha value is -0.260. The summed E-state index contributed by atoms with van der Waals surface area (Å²) in [5.41, 5.74) is 3.58. The molecule has 0 heteroatoms. The molecule has 0 N–H and O–H groups in total. The highest BCUT2D eigenvalue weighted by molar-refractivity contribution is 5.27. The Balaban J connectivity index is 2.47. The third kappa shape index (κ3) is 2.59. The van der Waals surface area contributed by atoms with Crippen molar-refractivity contribution < 1.29 is 0 Å². The Kier molecular flexibility index (Phi) is 5.20. The van der Waals surface area contributed by atoms with Gasteiger partial charge in [0.1, 0.15) is 0 Å². The number of hydrogen-bond acceptors (Lipinski definition) is 0. The van der Waals surface area contributed by atoms with Crippen molar-refractivity contribution >= 4 is 0 Å². The lowest BCUT2D eigenvalue weighted by molar-refractivity contribution is 0.0267. The molecule has 0 radical (unpaired) electrons. The van der Waals surface area contributed by atoms with Gasteiger partial charge in [-0.2, -0.15) is 0 Å². The van der Waals surface area contributed by atoms with Crippen LogP contribution in [0.15, 0.2) is 11.1 Å². The van der Waals surface area contributed by atoms with E-state index in [-0.39, 0.29) is 0 Å². The molecule has 128 valence electrons. The Morgan fingerprint density at radius 1 is 0.455 bits per heavy atom. The van der Waals surface area contributed by atoms with Crippen LogP contribution < -0.4 is 0 Å². The van der Waals surface area contributed by atoms with Gasteiger partial charge in [0.2, 0.25) is 0 Å². The molecule has 0 aliphatic heterocycles. The normalized spacial score (nSPS) is 53.7. The van der Waals surface area contributed by atoms with Crippen LogP contribution in [-0.2, 0) is 0 Å². The highest BCUT2D eigenvalue weighted by Crippen LogP contribution is 2.54. The minimum absolute atomic E-state index is 0.755. The van der Waals surface area contributed by atoms with E-state index in [1.165, 1.54) is 0 Å². The van der Waals surface area contributed by atoms with E-state index >= 15 is 0 Å². The summed E-state index contributed by atoms with van der Waals surface area (Å²) in [5, 5.41) is 0. The van der Waals surface area contributed by atoms with Crippen LogP contribution in [0.25, 0.3) is 0 Å². The molecule has 0 heterocycles. The van der Waals surface area contributed by atoms with E-state index in [0.717, 1.165) is 59.2 Å². The average Bonchev–Trinajstić information content (AvgIpc) is 2.50. The molecule has 2 aliphatic rings. The molecule has 0 aromatic carbocycles. The lowest BCUT2D eigenvalue weighted by atomic mass is 9.53. The van der Waals surface area contributed by atoms with Crippen molar-refractivity contribution in [2.24, 2.45) is 59.2 Å². The van der Waals surface area contributed by atoms with Crippen molar-refractivity contribution in [3.8, 4) is 0 Å². The lowest BCUT2D eigenvalue weighted by Crippen LogP contribution is -2.45. The van der Waals surface area contributed by atoms with Gasteiger partial charge >= 0.3 is 0 Å². The molecular weight excluding hydrogens is 264 g/mol. The van der Waals surface area contributed by atoms with Crippen molar-refractivity contribution in [1.29, 1.82) is 0 Å². The first-order valence-electron chi connectivity index (χ1n) is 9.81. The van der Waals surface area contributed by atoms with E-state index in [4.69, 9.17) is 0 Å². The van der Waals surface area contributed by atoms with Crippen LogP contribution in [0.1, 0.15) is 69.2 Å². The van der Waals surface area contributed by atoms with Crippen LogP contribution in [0, 0.1) is 59.2 Å². The molecule has 0 bridgehead atoms. The zero-order chi connectivity index (χ0) is 16.9. The Bertz CT molecular complexity index is 415. The minimum Gasteiger partial charge on any atom is -0.0704 e. The first-order chi connectivity index (χ1) is 10.1. The summed E-state index contributed by atoms with van der Waals surface area (Å²) in [6.45, 7) is 25.0. The molecule has 22 heavy (non-hydrogen) atoms. The largest absolute Gasteiger partial charge is 0.0704 e. The van der Waals surface area contributed by atoms with Crippen molar-refractivity contribution in [2.75, 3.05) is 0 Å². The maximum atomic E-state index is 2.54. The highest BCUT2D eigenvalue weighted by atomic mass is 14.5. The fourth-order valence-electron chi connectivity index (χ4n) is 5.91. The first-order valence-corrected chi connectivity index (χ1v) is 9.81. The van der Waals surface area contributed by atoms with E-state index in [9.17, 15) is 0 Å². The maximum absolute atomic E-state index is 2.54. The molecule has 0 saturated heterocycles. The van der Waals surface area contributed by atoms with Crippen molar-refractivity contribution in [1.82, 2.24) is 0 Å². The second kappa shape index (κ2) is 6.33. The van der Waals surface area contributed by atoms with Gasteiger partial charge in [-0.1, -0.05) is 73.5 Å². The molecule has 0 spiro atoms.